The molecule has 0 aliphatic heterocycles. The van der Waals surface area contributed by atoms with Gasteiger partial charge in [0.05, 0.1) is 6.10 Å². The molecular weight excluding hydrogens is 136 g/mol. The first-order valence-corrected chi connectivity index (χ1v) is 4.81. The van der Waals surface area contributed by atoms with Gasteiger partial charge in [-0.15, -0.1) is 0 Å². The Bertz CT molecular complexity index is 120. The molecule has 1 fully saturated rings. The van der Waals surface area contributed by atoms with Crippen LogP contribution in [0.15, 0.2) is 0 Å². The fourth-order valence-corrected chi connectivity index (χ4v) is 2.17. The van der Waals surface area contributed by atoms with Gasteiger partial charge in [0.2, 0.25) is 0 Å². The lowest BCUT2D eigenvalue weighted by molar-refractivity contribution is 0.00481. The number of aliphatic hydroxyl groups is 1. The summed E-state index contributed by atoms with van der Waals surface area (Å²) in [6.45, 7) is 6.59. The first-order chi connectivity index (χ1) is 5.13. The van der Waals surface area contributed by atoms with Gasteiger partial charge in [0.15, 0.2) is 0 Å². The Morgan fingerprint density at radius 1 is 1.27 bits per heavy atom. The van der Waals surface area contributed by atoms with E-state index < -0.39 is 0 Å². The van der Waals surface area contributed by atoms with Gasteiger partial charge in [-0.05, 0) is 30.6 Å². The monoisotopic (exact) mass is 156 g/mol. The maximum absolute atomic E-state index is 9.81. The van der Waals surface area contributed by atoms with Gasteiger partial charge in [0.25, 0.3) is 0 Å². The second kappa shape index (κ2) is 3.57. The van der Waals surface area contributed by atoms with Crippen molar-refractivity contribution in [1.29, 1.82) is 0 Å². The third kappa shape index (κ3) is 1.96. The normalized spacial score (nSPS) is 39.5. The summed E-state index contributed by atoms with van der Waals surface area (Å²) in [6.07, 6.45) is 3.71. The van der Waals surface area contributed by atoms with Crippen LogP contribution in [-0.2, 0) is 0 Å². The minimum Gasteiger partial charge on any atom is -0.393 e. The molecule has 0 heterocycles. The zero-order valence-electron chi connectivity index (χ0n) is 7.88. The van der Waals surface area contributed by atoms with E-state index in [1.54, 1.807) is 0 Å². The molecule has 0 radical (unpaired) electrons. The van der Waals surface area contributed by atoms with Gasteiger partial charge >= 0.3 is 0 Å². The fraction of sp³-hybridized carbons (Fsp3) is 1.00. The molecule has 1 aliphatic carbocycles. The highest BCUT2D eigenvalue weighted by Gasteiger charge is 2.30. The molecule has 0 spiro atoms. The quantitative estimate of drug-likeness (QED) is 0.618. The summed E-state index contributed by atoms with van der Waals surface area (Å²) >= 11 is 0. The molecule has 1 unspecified atom stereocenters. The highest BCUT2D eigenvalue weighted by atomic mass is 16.3. The second-order valence-corrected chi connectivity index (χ2v) is 4.31. The molecule has 3 atom stereocenters. The van der Waals surface area contributed by atoms with E-state index in [4.69, 9.17) is 0 Å². The van der Waals surface area contributed by atoms with E-state index in [1.807, 2.05) is 0 Å². The summed E-state index contributed by atoms with van der Waals surface area (Å²) in [5.74, 6) is 1.72. The van der Waals surface area contributed by atoms with E-state index in [-0.39, 0.29) is 6.10 Å². The maximum atomic E-state index is 9.81. The van der Waals surface area contributed by atoms with Crippen molar-refractivity contribution in [3.05, 3.63) is 0 Å². The molecule has 0 aromatic carbocycles. The lowest BCUT2D eigenvalue weighted by Gasteiger charge is -2.35. The van der Waals surface area contributed by atoms with Crippen molar-refractivity contribution in [3.63, 3.8) is 0 Å². The van der Waals surface area contributed by atoms with Crippen LogP contribution < -0.4 is 0 Å². The van der Waals surface area contributed by atoms with Gasteiger partial charge < -0.3 is 5.11 Å². The Labute approximate surface area is 69.8 Å². The largest absolute Gasteiger partial charge is 0.393 e. The lowest BCUT2D eigenvalue weighted by Crippen LogP contribution is -2.34. The third-order valence-electron chi connectivity index (χ3n) is 3.07. The summed E-state index contributed by atoms with van der Waals surface area (Å²) in [6, 6.07) is 0. The van der Waals surface area contributed by atoms with E-state index in [0.717, 1.165) is 0 Å². The standard InChI is InChI=1S/C10H20O/c1-7(2)9-6-4-5-8(3)10(9)11/h7-11H,4-6H2,1-3H3/t8?,9-,10-/m1/s1. The molecule has 11 heavy (non-hydrogen) atoms. The molecular formula is C10H20O. The van der Waals surface area contributed by atoms with Crippen LogP contribution in [0.4, 0.5) is 0 Å². The maximum Gasteiger partial charge on any atom is 0.0596 e. The second-order valence-electron chi connectivity index (χ2n) is 4.31. The van der Waals surface area contributed by atoms with Crippen LogP contribution in [0.25, 0.3) is 0 Å². The molecule has 0 saturated heterocycles. The van der Waals surface area contributed by atoms with Crippen LogP contribution in [0, 0.1) is 17.8 Å². The van der Waals surface area contributed by atoms with Crippen molar-refractivity contribution in [3.8, 4) is 0 Å². The van der Waals surface area contributed by atoms with Crippen LogP contribution in [0.3, 0.4) is 0 Å². The van der Waals surface area contributed by atoms with E-state index >= 15 is 0 Å². The van der Waals surface area contributed by atoms with E-state index in [2.05, 4.69) is 20.8 Å². The average Bonchev–Trinajstić information content (AvgIpc) is 1.94. The third-order valence-corrected chi connectivity index (χ3v) is 3.07. The van der Waals surface area contributed by atoms with E-state index in [1.165, 1.54) is 19.3 Å². The highest BCUT2D eigenvalue weighted by Crippen LogP contribution is 2.33. The molecule has 1 N–H and O–H groups in total. The smallest absolute Gasteiger partial charge is 0.0596 e. The fourth-order valence-electron chi connectivity index (χ4n) is 2.17. The lowest BCUT2D eigenvalue weighted by atomic mass is 9.74. The number of aliphatic hydroxyl groups excluding tert-OH is 1. The highest BCUT2D eigenvalue weighted by molar-refractivity contribution is 4.80. The Hall–Kier alpha value is -0.0400. The predicted octanol–water partition coefficient (Wildman–Crippen LogP) is 2.44. The Balaban J connectivity index is 2.51. The topological polar surface area (TPSA) is 20.2 Å². The summed E-state index contributed by atoms with van der Waals surface area (Å²) in [5.41, 5.74) is 0. The zero-order valence-corrected chi connectivity index (χ0v) is 7.88. The van der Waals surface area contributed by atoms with Gasteiger partial charge in [0.1, 0.15) is 0 Å². The van der Waals surface area contributed by atoms with Gasteiger partial charge in [-0.2, -0.15) is 0 Å². The van der Waals surface area contributed by atoms with Crippen LogP contribution in [0.1, 0.15) is 40.0 Å². The molecule has 0 amide bonds. The van der Waals surface area contributed by atoms with Crippen molar-refractivity contribution in [2.45, 2.75) is 46.1 Å². The molecule has 0 bridgehead atoms. The molecule has 0 aromatic heterocycles. The van der Waals surface area contributed by atoms with Crippen molar-refractivity contribution < 1.29 is 5.11 Å². The molecule has 0 aromatic rings. The Morgan fingerprint density at radius 2 is 1.91 bits per heavy atom. The molecule has 1 nitrogen and oxygen atoms in total. The SMILES string of the molecule is CC1CCC[C@H](C(C)C)[C@@H]1O. The Morgan fingerprint density at radius 3 is 2.36 bits per heavy atom. The van der Waals surface area contributed by atoms with Crippen molar-refractivity contribution in [2.75, 3.05) is 0 Å². The van der Waals surface area contributed by atoms with E-state index in [9.17, 15) is 5.11 Å². The first kappa shape index (κ1) is 9.05. The van der Waals surface area contributed by atoms with Gasteiger partial charge in [-0.25, -0.2) is 0 Å². The summed E-state index contributed by atoms with van der Waals surface area (Å²) < 4.78 is 0. The summed E-state index contributed by atoms with van der Waals surface area (Å²) in [7, 11) is 0. The van der Waals surface area contributed by atoms with Gasteiger partial charge in [-0.3, -0.25) is 0 Å². The van der Waals surface area contributed by atoms with Crippen LogP contribution in [-0.4, -0.2) is 11.2 Å². The van der Waals surface area contributed by atoms with Crippen molar-refractivity contribution in [1.82, 2.24) is 0 Å². The van der Waals surface area contributed by atoms with Gasteiger partial charge in [-0.1, -0.05) is 27.2 Å². The van der Waals surface area contributed by atoms with Gasteiger partial charge in [0, 0.05) is 0 Å². The number of rotatable bonds is 1. The van der Waals surface area contributed by atoms with Crippen LogP contribution >= 0.6 is 0 Å². The van der Waals surface area contributed by atoms with Crippen LogP contribution in [0.2, 0.25) is 0 Å². The molecule has 1 aliphatic rings. The van der Waals surface area contributed by atoms with Crippen molar-refractivity contribution >= 4 is 0 Å². The molecule has 66 valence electrons. The number of hydrogen-bond donors (Lipinski definition) is 1. The van der Waals surface area contributed by atoms with Crippen molar-refractivity contribution in [2.24, 2.45) is 17.8 Å². The Kier molecular flexibility index (Phi) is 2.94. The molecule has 1 saturated carbocycles. The summed E-state index contributed by atoms with van der Waals surface area (Å²) in [5, 5.41) is 9.81. The zero-order chi connectivity index (χ0) is 8.43. The first-order valence-electron chi connectivity index (χ1n) is 4.81. The van der Waals surface area contributed by atoms with Crippen LogP contribution in [0.5, 0.6) is 0 Å². The summed E-state index contributed by atoms with van der Waals surface area (Å²) in [4.78, 5) is 0. The average molecular weight is 156 g/mol. The minimum atomic E-state index is -0.0382. The predicted molar refractivity (Wildman–Crippen MR) is 47.3 cm³/mol. The van der Waals surface area contributed by atoms with E-state index in [0.29, 0.717) is 17.8 Å². The molecule has 1 rings (SSSR count). The number of hydrogen-bond acceptors (Lipinski definition) is 1. The molecule has 1 heteroatoms. The minimum absolute atomic E-state index is 0.0382.